The van der Waals surface area contributed by atoms with Gasteiger partial charge in [0.15, 0.2) is 0 Å². The molecule has 34 heavy (non-hydrogen) atoms. The van der Waals surface area contributed by atoms with E-state index in [4.69, 9.17) is 9.94 Å². The molecule has 0 amide bonds. The van der Waals surface area contributed by atoms with Crippen molar-refractivity contribution in [2.75, 3.05) is 0 Å². The van der Waals surface area contributed by atoms with E-state index in [9.17, 15) is 0 Å². The molecule has 0 aliphatic heterocycles. The first-order valence-corrected chi connectivity index (χ1v) is 12.0. The summed E-state index contributed by atoms with van der Waals surface area (Å²) in [4.78, 5) is 5.79. The van der Waals surface area contributed by atoms with E-state index in [2.05, 4.69) is 95.2 Å². The van der Waals surface area contributed by atoms with Crippen LogP contribution >= 0.6 is 0 Å². The van der Waals surface area contributed by atoms with Gasteiger partial charge in [0.05, 0.1) is 0 Å². The van der Waals surface area contributed by atoms with Crippen LogP contribution in [0.5, 0.6) is 0 Å². The van der Waals surface area contributed by atoms with Crippen LogP contribution in [0.25, 0.3) is 6.08 Å². The Kier molecular flexibility index (Phi) is 5.34. The molecule has 1 N–H and O–H groups in total. The van der Waals surface area contributed by atoms with Gasteiger partial charge >= 0.3 is 0 Å². The molecule has 1 fully saturated rings. The van der Waals surface area contributed by atoms with Crippen LogP contribution in [0.3, 0.4) is 0 Å². The summed E-state index contributed by atoms with van der Waals surface area (Å²) in [7, 11) is 0. The van der Waals surface area contributed by atoms with Gasteiger partial charge in [-0.2, -0.15) is 5.10 Å². The second-order valence-electron chi connectivity index (χ2n) is 9.19. The average molecular weight is 446 g/mol. The van der Waals surface area contributed by atoms with Crippen molar-refractivity contribution in [1.29, 1.82) is 0 Å². The van der Waals surface area contributed by atoms with E-state index in [-0.39, 0.29) is 5.41 Å². The largest absolute Gasteiger partial charge is 0.391 e. The van der Waals surface area contributed by atoms with Crippen LogP contribution in [0.1, 0.15) is 46.5 Å². The third-order valence-electron chi connectivity index (χ3n) is 6.89. The number of allylic oxidation sites excluding steroid dienone is 1. The molecule has 2 aliphatic rings. The van der Waals surface area contributed by atoms with E-state index < -0.39 is 0 Å². The highest BCUT2D eigenvalue weighted by atomic mass is 16.6. The first-order chi connectivity index (χ1) is 16.8. The van der Waals surface area contributed by atoms with Gasteiger partial charge < -0.3 is 4.84 Å². The molecule has 1 heterocycles. The van der Waals surface area contributed by atoms with Gasteiger partial charge in [-0.25, -0.2) is 0 Å². The van der Waals surface area contributed by atoms with E-state index in [1.807, 2.05) is 18.2 Å². The predicted octanol–water partition coefficient (Wildman–Crippen LogP) is 6.30. The number of hydrogen-bond acceptors (Lipinski definition) is 3. The summed E-state index contributed by atoms with van der Waals surface area (Å²) in [6.45, 7) is 0.463. The number of H-pyrrole nitrogens is 1. The number of aromatic nitrogens is 2. The molecule has 0 spiro atoms. The Labute approximate surface area is 200 Å². The SMILES string of the molecule is C1=CC(c2ccccc2)(c2ccccc2)Cc2[nH]nc(/C(=N/OCc3ccccc3)C3CC3)c21. The molecule has 0 bridgehead atoms. The predicted molar refractivity (Wildman–Crippen MR) is 135 cm³/mol. The number of oxime groups is 1. The Balaban J connectivity index is 1.34. The molecule has 0 atom stereocenters. The van der Waals surface area contributed by atoms with Gasteiger partial charge in [0.2, 0.25) is 0 Å². The zero-order valence-corrected chi connectivity index (χ0v) is 19.0. The lowest BCUT2D eigenvalue weighted by atomic mass is 9.68. The van der Waals surface area contributed by atoms with Gasteiger partial charge in [-0.05, 0) is 29.5 Å². The Morgan fingerprint density at radius 1 is 0.882 bits per heavy atom. The Morgan fingerprint density at radius 2 is 1.50 bits per heavy atom. The maximum absolute atomic E-state index is 5.79. The standard InChI is InChI=1S/C30H27N3O/c1-4-10-22(11-5-1)21-34-33-28(23-16-17-23)29-26-18-19-30(20-27(26)31-32-29,24-12-6-2-7-13-24)25-14-8-3-9-15-25/h1-15,18-19,23H,16-17,20-21H2,(H,31,32)/b33-28+. The number of benzene rings is 3. The highest BCUT2D eigenvalue weighted by Crippen LogP contribution is 2.43. The van der Waals surface area contributed by atoms with Crippen LogP contribution in [-0.4, -0.2) is 15.9 Å². The summed E-state index contributed by atoms with van der Waals surface area (Å²) in [5, 5.41) is 12.7. The van der Waals surface area contributed by atoms with Crippen molar-refractivity contribution in [2.24, 2.45) is 11.1 Å². The van der Waals surface area contributed by atoms with E-state index in [1.165, 1.54) is 11.1 Å². The number of fused-ring (bicyclic) bond motifs is 1. The van der Waals surface area contributed by atoms with Crippen LogP contribution in [0.15, 0.2) is 102 Å². The van der Waals surface area contributed by atoms with Crippen LogP contribution in [0.4, 0.5) is 0 Å². The highest BCUT2D eigenvalue weighted by Gasteiger charge is 2.38. The van der Waals surface area contributed by atoms with Gasteiger partial charge in [-0.15, -0.1) is 0 Å². The Hall–Kier alpha value is -3.92. The minimum Gasteiger partial charge on any atom is -0.391 e. The molecule has 4 aromatic rings. The summed E-state index contributed by atoms with van der Waals surface area (Å²) in [6.07, 6.45) is 7.66. The molecule has 4 heteroatoms. The van der Waals surface area contributed by atoms with Crippen molar-refractivity contribution in [3.8, 4) is 0 Å². The first-order valence-electron chi connectivity index (χ1n) is 12.0. The van der Waals surface area contributed by atoms with Crippen LogP contribution in [0, 0.1) is 5.92 Å². The molecule has 1 aromatic heterocycles. The maximum Gasteiger partial charge on any atom is 0.142 e. The van der Waals surface area contributed by atoms with Gasteiger partial charge in [0.1, 0.15) is 18.0 Å². The molecule has 3 aromatic carbocycles. The van der Waals surface area contributed by atoms with E-state index in [1.54, 1.807) is 0 Å². The van der Waals surface area contributed by atoms with Crippen molar-refractivity contribution in [3.63, 3.8) is 0 Å². The molecule has 0 radical (unpaired) electrons. The van der Waals surface area contributed by atoms with Crippen LogP contribution < -0.4 is 0 Å². The fraction of sp³-hybridized carbons (Fsp3) is 0.200. The summed E-state index contributed by atoms with van der Waals surface area (Å²) < 4.78 is 0. The molecule has 0 unspecified atom stereocenters. The second-order valence-corrected chi connectivity index (χ2v) is 9.19. The number of aromatic amines is 1. The summed E-state index contributed by atoms with van der Waals surface area (Å²) in [5.74, 6) is 0.423. The number of nitrogens with zero attached hydrogens (tertiary/aromatic N) is 2. The lowest BCUT2D eigenvalue weighted by Gasteiger charge is -2.34. The molecular weight excluding hydrogens is 418 g/mol. The lowest BCUT2D eigenvalue weighted by molar-refractivity contribution is 0.130. The van der Waals surface area contributed by atoms with Gasteiger partial charge in [0.25, 0.3) is 0 Å². The average Bonchev–Trinajstić information content (AvgIpc) is 3.67. The van der Waals surface area contributed by atoms with Crippen molar-refractivity contribution in [3.05, 3.63) is 131 Å². The number of hydrogen-bond donors (Lipinski definition) is 1. The van der Waals surface area contributed by atoms with Gasteiger partial charge in [-0.3, -0.25) is 5.10 Å². The highest BCUT2D eigenvalue weighted by molar-refractivity contribution is 6.04. The smallest absolute Gasteiger partial charge is 0.142 e. The van der Waals surface area contributed by atoms with Crippen molar-refractivity contribution < 1.29 is 4.84 Å². The molecule has 1 saturated carbocycles. The van der Waals surface area contributed by atoms with Crippen molar-refractivity contribution in [1.82, 2.24) is 10.2 Å². The van der Waals surface area contributed by atoms with Crippen molar-refractivity contribution >= 4 is 11.8 Å². The third-order valence-corrected chi connectivity index (χ3v) is 6.89. The number of nitrogens with one attached hydrogen (secondary N) is 1. The molecule has 6 rings (SSSR count). The minimum atomic E-state index is -0.236. The topological polar surface area (TPSA) is 50.3 Å². The van der Waals surface area contributed by atoms with Gasteiger partial charge in [-0.1, -0.05) is 108 Å². The van der Waals surface area contributed by atoms with E-state index in [0.717, 1.165) is 47.5 Å². The summed E-state index contributed by atoms with van der Waals surface area (Å²) >= 11 is 0. The van der Waals surface area contributed by atoms with Crippen LogP contribution in [-0.2, 0) is 23.3 Å². The zero-order chi connectivity index (χ0) is 22.8. The molecule has 2 aliphatic carbocycles. The fourth-order valence-electron chi connectivity index (χ4n) is 4.91. The quantitative estimate of drug-likeness (QED) is 0.268. The second kappa shape index (κ2) is 8.79. The maximum atomic E-state index is 5.79. The number of rotatable bonds is 7. The van der Waals surface area contributed by atoms with Gasteiger partial charge in [0, 0.05) is 29.0 Å². The molecular formula is C30H27N3O. The van der Waals surface area contributed by atoms with Crippen LogP contribution in [0.2, 0.25) is 0 Å². The summed E-state index contributed by atoms with van der Waals surface area (Å²) in [5.41, 5.74) is 7.60. The lowest BCUT2D eigenvalue weighted by Crippen LogP contribution is -2.30. The van der Waals surface area contributed by atoms with E-state index in [0.29, 0.717) is 12.5 Å². The Bertz CT molecular complexity index is 1280. The third kappa shape index (κ3) is 3.86. The Morgan fingerprint density at radius 3 is 2.12 bits per heavy atom. The first kappa shape index (κ1) is 20.7. The zero-order valence-electron chi connectivity index (χ0n) is 19.0. The van der Waals surface area contributed by atoms with Crippen molar-refractivity contribution in [2.45, 2.75) is 31.3 Å². The fourth-order valence-corrected chi connectivity index (χ4v) is 4.91. The van der Waals surface area contributed by atoms with E-state index >= 15 is 0 Å². The normalized spacial score (nSPS) is 16.8. The molecule has 4 nitrogen and oxygen atoms in total. The molecule has 0 saturated heterocycles. The minimum absolute atomic E-state index is 0.236. The summed E-state index contributed by atoms with van der Waals surface area (Å²) in [6, 6.07) is 31.6. The molecule has 168 valence electrons. The monoisotopic (exact) mass is 445 g/mol.